The highest BCUT2D eigenvalue weighted by atomic mass is 35.5. The average Bonchev–Trinajstić information content (AvgIpc) is 3.14. The van der Waals surface area contributed by atoms with Crippen molar-refractivity contribution < 1.29 is 4.79 Å². The summed E-state index contributed by atoms with van der Waals surface area (Å²) in [7, 11) is 0. The third kappa shape index (κ3) is 3.82. The number of imidazole rings is 1. The van der Waals surface area contributed by atoms with Crippen LogP contribution >= 0.6 is 11.6 Å². The minimum Gasteiger partial charge on any atom is -0.323 e. The normalized spacial score (nSPS) is 11.2. The van der Waals surface area contributed by atoms with E-state index >= 15 is 0 Å². The lowest BCUT2D eigenvalue weighted by Crippen LogP contribution is -2.07. The third-order valence-corrected chi connectivity index (χ3v) is 4.79. The highest BCUT2D eigenvalue weighted by molar-refractivity contribution is 6.32. The molecule has 2 aromatic carbocycles. The van der Waals surface area contributed by atoms with Crippen molar-refractivity contribution >= 4 is 34.9 Å². The zero-order chi connectivity index (χ0) is 19.5. The van der Waals surface area contributed by atoms with Gasteiger partial charge in [-0.15, -0.1) is 0 Å². The molecule has 0 unspecified atom stereocenters. The van der Waals surface area contributed by atoms with Gasteiger partial charge in [0.05, 0.1) is 5.69 Å². The number of halogens is 1. The molecule has 5 heteroatoms. The second kappa shape index (κ2) is 7.71. The lowest BCUT2D eigenvalue weighted by Gasteiger charge is -2.03. The van der Waals surface area contributed by atoms with Crippen molar-refractivity contribution in [3.8, 4) is 11.3 Å². The topological polar surface area (TPSA) is 46.4 Å². The molecule has 0 aliphatic rings. The Morgan fingerprint density at radius 2 is 1.86 bits per heavy atom. The molecule has 2 heterocycles. The van der Waals surface area contributed by atoms with Gasteiger partial charge in [0, 0.05) is 34.7 Å². The number of nitrogens with zero attached hydrogens (tertiary/aromatic N) is 2. The first-order chi connectivity index (χ1) is 13.6. The molecule has 2 aromatic heterocycles. The molecule has 1 N–H and O–H groups in total. The maximum Gasteiger partial charge on any atom is 0.248 e. The highest BCUT2D eigenvalue weighted by Crippen LogP contribution is 2.22. The smallest absolute Gasteiger partial charge is 0.248 e. The number of aromatic nitrogens is 2. The van der Waals surface area contributed by atoms with Gasteiger partial charge in [-0.3, -0.25) is 4.79 Å². The van der Waals surface area contributed by atoms with Gasteiger partial charge >= 0.3 is 0 Å². The molecule has 0 saturated heterocycles. The van der Waals surface area contributed by atoms with Crippen LogP contribution in [0.25, 0.3) is 23.0 Å². The largest absolute Gasteiger partial charge is 0.323 e. The first kappa shape index (κ1) is 18.0. The van der Waals surface area contributed by atoms with Gasteiger partial charge in [-0.05, 0) is 48.4 Å². The second-order valence-electron chi connectivity index (χ2n) is 6.47. The summed E-state index contributed by atoms with van der Waals surface area (Å²) in [5, 5.41) is 3.46. The minimum atomic E-state index is -0.212. The van der Waals surface area contributed by atoms with Crippen LogP contribution in [0.4, 0.5) is 5.69 Å². The van der Waals surface area contributed by atoms with E-state index in [4.69, 9.17) is 16.6 Å². The van der Waals surface area contributed by atoms with E-state index < -0.39 is 0 Å². The number of benzene rings is 2. The van der Waals surface area contributed by atoms with Crippen LogP contribution in [0, 0.1) is 6.92 Å². The quantitative estimate of drug-likeness (QED) is 0.462. The molecule has 4 rings (SSSR count). The lowest BCUT2D eigenvalue weighted by atomic mass is 10.1. The predicted octanol–water partition coefficient (Wildman–Crippen LogP) is 5.62. The maximum absolute atomic E-state index is 12.2. The van der Waals surface area contributed by atoms with Gasteiger partial charge in [0.1, 0.15) is 5.65 Å². The van der Waals surface area contributed by atoms with Gasteiger partial charge in [0.2, 0.25) is 5.91 Å². The number of fused-ring (bicyclic) bond motifs is 1. The lowest BCUT2D eigenvalue weighted by molar-refractivity contribution is -0.111. The number of anilines is 1. The number of carbonyl (C=O) groups is 1. The molecular weight excluding hydrogens is 370 g/mol. The molecule has 4 aromatic rings. The first-order valence-electron chi connectivity index (χ1n) is 8.88. The fourth-order valence-electron chi connectivity index (χ4n) is 2.98. The monoisotopic (exact) mass is 387 g/mol. The Bertz CT molecular complexity index is 1180. The number of nitrogens with one attached hydrogen (secondary N) is 1. The number of pyridine rings is 1. The van der Waals surface area contributed by atoms with E-state index in [2.05, 4.69) is 5.32 Å². The van der Waals surface area contributed by atoms with E-state index in [-0.39, 0.29) is 5.91 Å². The first-order valence-corrected chi connectivity index (χ1v) is 9.26. The maximum atomic E-state index is 12.2. The van der Waals surface area contributed by atoms with Crippen molar-refractivity contribution in [3.63, 3.8) is 0 Å². The summed E-state index contributed by atoms with van der Waals surface area (Å²) < 4.78 is 2.01. The number of rotatable bonds is 4. The Labute approximate surface area is 168 Å². The van der Waals surface area contributed by atoms with E-state index in [1.807, 2.05) is 78.3 Å². The molecule has 138 valence electrons. The van der Waals surface area contributed by atoms with Gasteiger partial charge in [0.15, 0.2) is 0 Å². The molecule has 0 saturated carbocycles. The fraction of sp³-hybridized carbons (Fsp3) is 0.0435. The third-order valence-electron chi connectivity index (χ3n) is 4.45. The summed E-state index contributed by atoms with van der Waals surface area (Å²) >= 11 is 6.09. The molecular formula is C23H18ClN3O. The van der Waals surface area contributed by atoms with Crippen LogP contribution in [-0.4, -0.2) is 15.3 Å². The van der Waals surface area contributed by atoms with Crippen molar-refractivity contribution in [3.05, 3.63) is 95.3 Å². The summed E-state index contributed by atoms with van der Waals surface area (Å²) in [6, 6.07) is 19.1. The van der Waals surface area contributed by atoms with Crippen LogP contribution in [-0.2, 0) is 4.79 Å². The summed E-state index contributed by atoms with van der Waals surface area (Å²) in [5.74, 6) is -0.212. The molecule has 4 nitrogen and oxygen atoms in total. The number of hydrogen-bond donors (Lipinski definition) is 1. The van der Waals surface area contributed by atoms with Crippen molar-refractivity contribution in [1.29, 1.82) is 0 Å². The summed E-state index contributed by atoms with van der Waals surface area (Å²) in [5.41, 5.74) is 5.48. The number of aryl methyl sites for hydroxylation is 1. The van der Waals surface area contributed by atoms with Crippen LogP contribution < -0.4 is 5.32 Å². The molecule has 1 amide bonds. The SMILES string of the molecule is Cc1cccn2cc(-c3ccc(NC(=O)/C=C/c4ccccc4Cl)cc3)nc12. The van der Waals surface area contributed by atoms with Crippen molar-refractivity contribution in [2.45, 2.75) is 6.92 Å². The molecule has 0 aliphatic carbocycles. The van der Waals surface area contributed by atoms with Crippen molar-refractivity contribution in [2.75, 3.05) is 5.32 Å². The van der Waals surface area contributed by atoms with Gasteiger partial charge < -0.3 is 9.72 Å². The standard InChI is InChI=1S/C23H18ClN3O/c1-16-5-4-14-27-15-21(26-23(16)27)18-8-11-19(12-9-18)25-22(28)13-10-17-6-2-3-7-20(17)24/h2-15H,1H3,(H,25,28)/b13-10+. The number of amides is 1. The summed E-state index contributed by atoms with van der Waals surface area (Å²) in [4.78, 5) is 16.8. The van der Waals surface area contributed by atoms with E-state index in [9.17, 15) is 4.79 Å². The highest BCUT2D eigenvalue weighted by Gasteiger charge is 2.06. The van der Waals surface area contributed by atoms with Gasteiger partial charge in [-0.2, -0.15) is 0 Å². The van der Waals surface area contributed by atoms with E-state index in [1.165, 1.54) is 6.08 Å². The van der Waals surface area contributed by atoms with Crippen LogP contribution in [0.15, 0.2) is 79.1 Å². The van der Waals surface area contributed by atoms with Crippen LogP contribution in [0.5, 0.6) is 0 Å². The van der Waals surface area contributed by atoms with Gasteiger partial charge in [-0.1, -0.05) is 48.0 Å². The molecule has 0 radical (unpaired) electrons. The second-order valence-corrected chi connectivity index (χ2v) is 6.88. The Kier molecular flexibility index (Phi) is 4.96. The Morgan fingerprint density at radius 1 is 1.07 bits per heavy atom. The van der Waals surface area contributed by atoms with Crippen LogP contribution in [0.3, 0.4) is 0 Å². The molecule has 0 aliphatic heterocycles. The molecule has 0 bridgehead atoms. The molecule has 0 atom stereocenters. The minimum absolute atomic E-state index is 0.212. The summed E-state index contributed by atoms with van der Waals surface area (Å²) in [6.07, 6.45) is 7.16. The van der Waals surface area contributed by atoms with Crippen molar-refractivity contribution in [2.24, 2.45) is 0 Å². The van der Waals surface area contributed by atoms with Gasteiger partial charge in [0.25, 0.3) is 0 Å². The summed E-state index contributed by atoms with van der Waals surface area (Å²) in [6.45, 7) is 2.04. The zero-order valence-electron chi connectivity index (χ0n) is 15.3. The van der Waals surface area contributed by atoms with E-state index in [1.54, 1.807) is 12.1 Å². The number of hydrogen-bond acceptors (Lipinski definition) is 2. The van der Waals surface area contributed by atoms with E-state index in [0.29, 0.717) is 5.02 Å². The van der Waals surface area contributed by atoms with Crippen LogP contribution in [0.1, 0.15) is 11.1 Å². The Hall–Kier alpha value is -3.37. The molecule has 28 heavy (non-hydrogen) atoms. The molecule has 0 spiro atoms. The zero-order valence-corrected chi connectivity index (χ0v) is 16.0. The predicted molar refractivity (Wildman–Crippen MR) is 114 cm³/mol. The fourth-order valence-corrected chi connectivity index (χ4v) is 3.18. The average molecular weight is 388 g/mol. The van der Waals surface area contributed by atoms with Crippen LogP contribution in [0.2, 0.25) is 5.02 Å². The van der Waals surface area contributed by atoms with Gasteiger partial charge in [-0.25, -0.2) is 4.98 Å². The van der Waals surface area contributed by atoms with E-state index in [0.717, 1.165) is 33.7 Å². The van der Waals surface area contributed by atoms with Crippen molar-refractivity contribution in [1.82, 2.24) is 9.38 Å². The molecule has 0 fully saturated rings. The Balaban J connectivity index is 1.47. The number of carbonyl (C=O) groups excluding carboxylic acids is 1. The Morgan fingerprint density at radius 3 is 2.61 bits per heavy atom.